The van der Waals surface area contributed by atoms with E-state index in [1.165, 1.54) is 6.92 Å². The van der Waals surface area contributed by atoms with Crippen molar-refractivity contribution in [3.05, 3.63) is 54.9 Å². The maximum absolute atomic E-state index is 11.2. The summed E-state index contributed by atoms with van der Waals surface area (Å²) in [5.74, 6) is 1.32. The Bertz CT molecular complexity index is 956. The Morgan fingerprint density at radius 3 is 2.56 bits per heavy atom. The number of benzene rings is 2. The molecule has 1 N–H and O–H groups in total. The molecule has 0 saturated carbocycles. The second-order valence-electron chi connectivity index (χ2n) is 5.62. The standard InChI is InChI=1S/C19H15N3O3/c1-12(23)21-15-4-2-3-13(7-15)16-9-20-10-17(22-16)14-5-6-18-19(8-14)25-11-24-18/h2-10H,11H2,1H3,(H,21,23). The van der Waals surface area contributed by atoms with E-state index in [2.05, 4.69) is 15.3 Å². The lowest BCUT2D eigenvalue weighted by Gasteiger charge is -2.07. The molecule has 0 spiro atoms. The Morgan fingerprint density at radius 2 is 1.76 bits per heavy atom. The molecule has 1 aliphatic heterocycles. The SMILES string of the molecule is CC(=O)Nc1cccc(-c2cncc(-c3ccc4c(c3)OCO4)n2)c1. The first-order valence-corrected chi connectivity index (χ1v) is 7.79. The molecular weight excluding hydrogens is 318 g/mol. The van der Waals surface area contributed by atoms with Crippen LogP contribution in [0.3, 0.4) is 0 Å². The summed E-state index contributed by atoms with van der Waals surface area (Å²) >= 11 is 0. The summed E-state index contributed by atoms with van der Waals surface area (Å²) in [4.78, 5) is 20.2. The maximum Gasteiger partial charge on any atom is 0.231 e. The number of aromatic nitrogens is 2. The third-order valence-corrected chi connectivity index (χ3v) is 3.78. The van der Waals surface area contributed by atoms with Crippen molar-refractivity contribution in [2.45, 2.75) is 6.92 Å². The Hall–Kier alpha value is -3.41. The van der Waals surface area contributed by atoms with Gasteiger partial charge in [-0.05, 0) is 30.3 Å². The van der Waals surface area contributed by atoms with Gasteiger partial charge in [0.1, 0.15) is 0 Å². The smallest absolute Gasteiger partial charge is 0.231 e. The van der Waals surface area contributed by atoms with Crippen LogP contribution < -0.4 is 14.8 Å². The van der Waals surface area contributed by atoms with Crippen molar-refractivity contribution >= 4 is 11.6 Å². The Labute approximate surface area is 144 Å². The zero-order chi connectivity index (χ0) is 17.2. The van der Waals surface area contributed by atoms with E-state index in [0.29, 0.717) is 5.75 Å². The second-order valence-corrected chi connectivity index (χ2v) is 5.62. The summed E-state index contributed by atoms with van der Waals surface area (Å²) in [6, 6.07) is 13.2. The van der Waals surface area contributed by atoms with E-state index in [0.717, 1.165) is 34.0 Å². The lowest BCUT2D eigenvalue weighted by atomic mass is 10.1. The van der Waals surface area contributed by atoms with E-state index in [9.17, 15) is 4.79 Å². The van der Waals surface area contributed by atoms with Crippen molar-refractivity contribution in [2.24, 2.45) is 0 Å². The van der Waals surface area contributed by atoms with Crippen LogP contribution in [0.15, 0.2) is 54.9 Å². The highest BCUT2D eigenvalue weighted by atomic mass is 16.7. The maximum atomic E-state index is 11.2. The van der Waals surface area contributed by atoms with Gasteiger partial charge in [0, 0.05) is 23.7 Å². The number of amides is 1. The fraction of sp³-hybridized carbons (Fsp3) is 0.105. The summed E-state index contributed by atoms with van der Waals surface area (Å²) in [5.41, 5.74) is 3.96. The van der Waals surface area contributed by atoms with Crippen LogP contribution in [0.25, 0.3) is 22.5 Å². The minimum absolute atomic E-state index is 0.114. The molecule has 25 heavy (non-hydrogen) atoms. The molecule has 0 bridgehead atoms. The molecule has 1 amide bonds. The summed E-state index contributed by atoms with van der Waals surface area (Å²) in [6.07, 6.45) is 3.40. The Balaban J connectivity index is 1.69. The monoisotopic (exact) mass is 333 g/mol. The van der Waals surface area contributed by atoms with Crippen LogP contribution in [0.5, 0.6) is 11.5 Å². The minimum atomic E-state index is -0.114. The minimum Gasteiger partial charge on any atom is -0.454 e. The molecule has 2 aromatic carbocycles. The van der Waals surface area contributed by atoms with Crippen LogP contribution in [0.2, 0.25) is 0 Å². The van der Waals surface area contributed by atoms with Gasteiger partial charge in [-0.25, -0.2) is 4.98 Å². The normalized spacial score (nSPS) is 12.0. The molecule has 124 valence electrons. The van der Waals surface area contributed by atoms with Gasteiger partial charge in [0.25, 0.3) is 0 Å². The molecule has 4 rings (SSSR count). The average Bonchev–Trinajstić information content (AvgIpc) is 3.09. The van der Waals surface area contributed by atoms with Gasteiger partial charge in [-0.1, -0.05) is 12.1 Å². The zero-order valence-corrected chi connectivity index (χ0v) is 13.5. The number of rotatable bonds is 3. The van der Waals surface area contributed by atoms with E-state index in [1.54, 1.807) is 12.4 Å². The summed E-state index contributed by atoms with van der Waals surface area (Å²) in [6.45, 7) is 1.72. The molecule has 0 radical (unpaired) electrons. The first-order valence-electron chi connectivity index (χ1n) is 7.79. The van der Waals surface area contributed by atoms with Crippen LogP contribution in [0.1, 0.15) is 6.92 Å². The Morgan fingerprint density at radius 1 is 1.00 bits per heavy atom. The van der Waals surface area contributed by atoms with E-state index < -0.39 is 0 Å². The van der Waals surface area contributed by atoms with Crippen molar-refractivity contribution in [1.82, 2.24) is 9.97 Å². The molecule has 0 atom stereocenters. The summed E-state index contributed by atoms with van der Waals surface area (Å²) < 4.78 is 10.8. The number of nitrogens with zero attached hydrogens (tertiary/aromatic N) is 2. The van der Waals surface area contributed by atoms with Crippen molar-refractivity contribution in [2.75, 3.05) is 12.1 Å². The molecule has 6 heteroatoms. The lowest BCUT2D eigenvalue weighted by molar-refractivity contribution is -0.114. The molecule has 1 aromatic heterocycles. The van der Waals surface area contributed by atoms with Crippen LogP contribution in [0, 0.1) is 0 Å². The fourth-order valence-electron chi connectivity index (χ4n) is 2.66. The topological polar surface area (TPSA) is 73.3 Å². The number of ether oxygens (including phenoxy) is 2. The fourth-order valence-corrected chi connectivity index (χ4v) is 2.66. The number of hydrogen-bond acceptors (Lipinski definition) is 5. The molecular formula is C19H15N3O3. The van der Waals surface area contributed by atoms with Gasteiger partial charge in [0.15, 0.2) is 11.5 Å². The van der Waals surface area contributed by atoms with Crippen LogP contribution >= 0.6 is 0 Å². The predicted molar refractivity (Wildman–Crippen MR) is 93.3 cm³/mol. The molecule has 0 fully saturated rings. The summed E-state index contributed by atoms with van der Waals surface area (Å²) in [5, 5.41) is 2.77. The average molecular weight is 333 g/mol. The highest BCUT2D eigenvalue weighted by Gasteiger charge is 2.15. The van der Waals surface area contributed by atoms with Crippen molar-refractivity contribution in [3.8, 4) is 34.0 Å². The number of carbonyl (C=O) groups excluding carboxylic acids is 1. The van der Waals surface area contributed by atoms with Gasteiger partial charge in [-0.3, -0.25) is 9.78 Å². The molecule has 6 nitrogen and oxygen atoms in total. The van der Waals surface area contributed by atoms with Crippen LogP contribution in [-0.4, -0.2) is 22.7 Å². The molecule has 2 heterocycles. The van der Waals surface area contributed by atoms with E-state index >= 15 is 0 Å². The highest BCUT2D eigenvalue weighted by Crippen LogP contribution is 2.35. The quantitative estimate of drug-likeness (QED) is 0.794. The zero-order valence-electron chi connectivity index (χ0n) is 13.5. The highest BCUT2D eigenvalue weighted by molar-refractivity contribution is 5.89. The molecule has 1 aliphatic rings. The summed E-state index contributed by atoms with van der Waals surface area (Å²) in [7, 11) is 0. The lowest BCUT2D eigenvalue weighted by Crippen LogP contribution is -2.05. The molecule has 0 aliphatic carbocycles. The van der Waals surface area contributed by atoms with Gasteiger partial charge < -0.3 is 14.8 Å². The van der Waals surface area contributed by atoms with Gasteiger partial charge in [0.2, 0.25) is 12.7 Å². The predicted octanol–water partition coefficient (Wildman–Crippen LogP) is 3.50. The van der Waals surface area contributed by atoms with Crippen LogP contribution in [0.4, 0.5) is 5.69 Å². The molecule has 0 unspecified atom stereocenters. The van der Waals surface area contributed by atoms with Gasteiger partial charge in [-0.15, -0.1) is 0 Å². The third-order valence-electron chi connectivity index (χ3n) is 3.78. The number of carbonyl (C=O) groups is 1. The number of anilines is 1. The number of hydrogen-bond donors (Lipinski definition) is 1. The van der Waals surface area contributed by atoms with Gasteiger partial charge in [0.05, 0.1) is 23.8 Å². The first-order chi connectivity index (χ1) is 12.2. The van der Waals surface area contributed by atoms with E-state index in [4.69, 9.17) is 9.47 Å². The van der Waals surface area contributed by atoms with E-state index in [1.807, 2.05) is 42.5 Å². The number of nitrogens with one attached hydrogen (secondary N) is 1. The largest absolute Gasteiger partial charge is 0.454 e. The van der Waals surface area contributed by atoms with Crippen molar-refractivity contribution < 1.29 is 14.3 Å². The van der Waals surface area contributed by atoms with Gasteiger partial charge in [-0.2, -0.15) is 0 Å². The number of fused-ring (bicyclic) bond motifs is 1. The Kier molecular flexibility index (Phi) is 3.78. The second kappa shape index (κ2) is 6.24. The first kappa shape index (κ1) is 15.1. The molecule has 0 saturated heterocycles. The molecule has 3 aromatic rings. The van der Waals surface area contributed by atoms with E-state index in [-0.39, 0.29) is 12.7 Å². The van der Waals surface area contributed by atoms with Gasteiger partial charge >= 0.3 is 0 Å². The van der Waals surface area contributed by atoms with Crippen molar-refractivity contribution in [1.29, 1.82) is 0 Å². The van der Waals surface area contributed by atoms with Crippen molar-refractivity contribution in [3.63, 3.8) is 0 Å². The third kappa shape index (κ3) is 3.14. The van der Waals surface area contributed by atoms with Crippen LogP contribution in [-0.2, 0) is 4.79 Å².